The molecule has 5 atom stereocenters. The normalized spacial score (nSPS) is 32.0. The van der Waals surface area contributed by atoms with Crippen LogP contribution in [0.3, 0.4) is 0 Å². The lowest BCUT2D eigenvalue weighted by atomic mass is 9.87. The van der Waals surface area contributed by atoms with E-state index in [0.29, 0.717) is 12.0 Å². The molecule has 1 aliphatic carbocycles. The van der Waals surface area contributed by atoms with Gasteiger partial charge in [-0.05, 0) is 43.4 Å². The third-order valence-electron chi connectivity index (χ3n) is 3.91. The molecular weight excluding hydrogens is 170 g/mol. The molecule has 1 nitrogen and oxygen atoms in total. The van der Waals surface area contributed by atoms with Gasteiger partial charge in [0.25, 0.3) is 0 Å². The van der Waals surface area contributed by atoms with Gasteiger partial charge in [0.2, 0.25) is 0 Å². The summed E-state index contributed by atoms with van der Waals surface area (Å²) in [5, 5.41) is 0. The van der Waals surface area contributed by atoms with Gasteiger partial charge in [-0.15, -0.1) is 6.58 Å². The monoisotopic (exact) mass is 195 g/mol. The van der Waals surface area contributed by atoms with Gasteiger partial charge in [0, 0.05) is 6.04 Å². The first-order valence-corrected chi connectivity index (χ1v) is 5.98. The summed E-state index contributed by atoms with van der Waals surface area (Å²) in [6, 6.07) is 0.391. The number of allylic oxidation sites excluding steroid dienone is 1. The Bertz CT molecular complexity index is 186. The minimum atomic E-state index is 0.391. The van der Waals surface area contributed by atoms with Crippen molar-refractivity contribution >= 4 is 0 Å². The molecule has 1 fully saturated rings. The van der Waals surface area contributed by atoms with E-state index >= 15 is 0 Å². The zero-order valence-corrected chi connectivity index (χ0v) is 9.87. The van der Waals surface area contributed by atoms with Crippen LogP contribution in [-0.4, -0.2) is 6.04 Å². The summed E-state index contributed by atoms with van der Waals surface area (Å²) in [5.74, 6) is 3.16. The molecular formula is C13H25N. The summed E-state index contributed by atoms with van der Waals surface area (Å²) in [6.45, 7) is 10.7. The SMILES string of the molecule is C=CC(CC1CC1C(C)N)C(C)CC. The van der Waals surface area contributed by atoms with Gasteiger partial charge in [-0.3, -0.25) is 0 Å². The molecule has 0 aliphatic heterocycles. The van der Waals surface area contributed by atoms with Crippen molar-refractivity contribution in [3.63, 3.8) is 0 Å². The quantitative estimate of drug-likeness (QED) is 0.647. The van der Waals surface area contributed by atoms with Crippen molar-refractivity contribution in [1.29, 1.82) is 0 Å². The fourth-order valence-electron chi connectivity index (χ4n) is 2.40. The average Bonchev–Trinajstić information content (AvgIpc) is 2.92. The Morgan fingerprint density at radius 2 is 2.14 bits per heavy atom. The Balaban J connectivity index is 2.32. The Morgan fingerprint density at radius 1 is 1.50 bits per heavy atom. The van der Waals surface area contributed by atoms with E-state index in [9.17, 15) is 0 Å². The summed E-state index contributed by atoms with van der Waals surface area (Å²) in [5.41, 5.74) is 5.89. The van der Waals surface area contributed by atoms with Gasteiger partial charge in [0.05, 0.1) is 0 Å². The van der Waals surface area contributed by atoms with Gasteiger partial charge in [0.1, 0.15) is 0 Å². The number of nitrogens with two attached hydrogens (primary N) is 1. The smallest absolute Gasteiger partial charge is 0.00415 e. The highest BCUT2D eigenvalue weighted by atomic mass is 14.7. The van der Waals surface area contributed by atoms with Gasteiger partial charge < -0.3 is 5.73 Å². The maximum atomic E-state index is 5.89. The van der Waals surface area contributed by atoms with Gasteiger partial charge in [-0.25, -0.2) is 0 Å². The van der Waals surface area contributed by atoms with Crippen LogP contribution in [0.15, 0.2) is 12.7 Å². The maximum Gasteiger partial charge on any atom is 0.00415 e. The molecule has 1 heteroatoms. The van der Waals surface area contributed by atoms with E-state index in [1.807, 2.05) is 0 Å². The lowest BCUT2D eigenvalue weighted by Gasteiger charge is -2.19. The summed E-state index contributed by atoms with van der Waals surface area (Å²) in [7, 11) is 0. The second-order valence-corrected chi connectivity index (χ2v) is 5.04. The van der Waals surface area contributed by atoms with Crippen LogP contribution >= 0.6 is 0 Å². The molecule has 2 N–H and O–H groups in total. The average molecular weight is 195 g/mol. The predicted molar refractivity (Wildman–Crippen MR) is 63.0 cm³/mol. The number of rotatable bonds is 6. The molecule has 0 amide bonds. The largest absolute Gasteiger partial charge is 0.328 e. The minimum Gasteiger partial charge on any atom is -0.328 e. The van der Waals surface area contributed by atoms with Gasteiger partial charge in [0.15, 0.2) is 0 Å². The fourth-order valence-corrected chi connectivity index (χ4v) is 2.40. The topological polar surface area (TPSA) is 26.0 Å². The Labute approximate surface area is 88.8 Å². The van der Waals surface area contributed by atoms with Crippen molar-refractivity contribution in [2.75, 3.05) is 0 Å². The van der Waals surface area contributed by atoms with Crippen LogP contribution < -0.4 is 5.73 Å². The van der Waals surface area contributed by atoms with Crippen LogP contribution in [0.25, 0.3) is 0 Å². The molecule has 0 saturated heterocycles. The molecule has 0 bridgehead atoms. The van der Waals surface area contributed by atoms with Crippen molar-refractivity contribution in [3.8, 4) is 0 Å². The van der Waals surface area contributed by atoms with E-state index in [4.69, 9.17) is 5.73 Å². The molecule has 0 radical (unpaired) electrons. The highest BCUT2D eigenvalue weighted by molar-refractivity contribution is 4.96. The third-order valence-corrected chi connectivity index (χ3v) is 3.91. The highest BCUT2D eigenvalue weighted by Gasteiger charge is 2.40. The second kappa shape index (κ2) is 4.97. The van der Waals surface area contributed by atoms with E-state index in [1.165, 1.54) is 19.3 Å². The van der Waals surface area contributed by atoms with Crippen LogP contribution in [0.2, 0.25) is 0 Å². The molecule has 5 unspecified atom stereocenters. The van der Waals surface area contributed by atoms with E-state index in [0.717, 1.165) is 17.8 Å². The van der Waals surface area contributed by atoms with Crippen molar-refractivity contribution in [1.82, 2.24) is 0 Å². The van der Waals surface area contributed by atoms with Crippen LogP contribution in [0.5, 0.6) is 0 Å². The van der Waals surface area contributed by atoms with E-state index in [2.05, 4.69) is 33.4 Å². The second-order valence-electron chi connectivity index (χ2n) is 5.04. The van der Waals surface area contributed by atoms with Gasteiger partial charge in [-0.1, -0.05) is 26.3 Å². The predicted octanol–water partition coefficient (Wildman–Crippen LogP) is 3.21. The first-order chi connectivity index (χ1) is 6.60. The maximum absolute atomic E-state index is 5.89. The molecule has 0 aromatic rings. The summed E-state index contributed by atoms with van der Waals surface area (Å²) >= 11 is 0. The first-order valence-electron chi connectivity index (χ1n) is 5.98. The van der Waals surface area contributed by atoms with Crippen LogP contribution in [0.4, 0.5) is 0 Å². The zero-order valence-electron chi connectivity index (χ0n) is 9.87. The Hall–Kier alpha value is -0.300. The molecule has 1 aliphatic rings. The zero-order chi connectivity index (χ0) is 10.7. The molecule has 1 saturated carbocycles. The van der Waals surface area contributed by atoms with Crippen molar-refractivity contribution < 1.29 is 0 Å². The van der Waals surface area contributed by atoms with Crippen molar-refractivity contribution in [2.45, 2.75) is 46.1 Å². The number of hydrogen-bond donors (Lipinski definition) is 1. The fraction of sp³-hybridized carbons (Fsp3) is 0.846. The summed E-state index contributed by atoms with van der Waals surface area (Å²) in [6.07, 6.45) is 6.06. The lowest BCUT2D eigenvalue weighted by Crippen LogP contribution is -2.19. The Kier molecular flexibility index (Phi) is 4.18. The molecule has 0 spiro atoms. The molecule has 14 heavy (non-hydrogen) atoms. The van der Waals surface area contributed by atoms with E-state index in [-0.39, 0.29) is 0 Å². The van der Waals surface area contributed by atoms with Gasteiger partial charge >= 0.3 is 0 Å². The molecule has 1 rings (SSSR count). The summed E-state index contributed by atoms with van der Waals surface area (Å²) in [4.78, 5) is 0. The van der Waals surface area contributed by atoms with Crippen LogP contribution in [0.1, 0.15) is 40.0 Å². The standard InChI is InChI=1S/C13H25N/c1-5-9(3)11(6-2)7-12-8-13(12)10(4)14/h6,9-13H,2,5,7-8,14H2,1,3-4H3. The van der Waals surface area contributed by atoms with Crippen LogP contribution in [0, 0.1) is 23.7 Å². The minimum absolute atomic E-state index is 0.391. The molecule has 0 aromatic heterocycles. The van der Waals surface area contributed by atoms with E-state index < -0.39 is 0 Å². The summed E-state index contributed by atoms with van der Waals surface area (Å²) < 4.78 is 0. The molecule has 0 aromatic carbocycles. The third kappa shape index (κ3) is 2.84. The van der Waals surface area contributed by atoms with E-state index in [1.54, 1.807) is 0 Å². The van der Waals surface area contributed by atoms with Crippen molar-refractivity contribution in [2.24, 2.45) is 29.4 Å². The molecule has 0 heterocycles. The first kappa shape index (κ1) is 11.8. The Morgan fingerprint density at radius 3 is 2.50 bits per heavy atom. The molecule has 82 valence electrons. The van der Waals surface area contributed by atoms with Crippen LogP contribution in [-0.2, 0) is 0 Å². The van der Waals surface area contributed by atoms with Crippen molar-refractivity contribution in [3.05, 3.63) is 12.7 Å². The number of hydrogen-bond acceptors (Lipinski definition) is 1. The highest BCUT2D eigenvalue weighted by Crippen LogP contribution is 2.46. The lowest BCUT2D eigenvalue weighted by molar-refractivity contribution is 0.365. The van der Waals surface area contributed by atoms with Gasteiger partial charge in [-0.2, -0.15) is 0 Å².